The van der Waals surface area contributed by atoms with Gasteiger partial charge < -0.3 is 5.32 Å². The smallest absolute Gasteiger partial charge is 0.137 e. The second-order valence-corrected chi connectivity index (χ2v) is 6.90. The van der Waals surface area contributed by atoms with Gasteiger partial charge in [0.2, 0.25) is 0 Å². The van der Waals surface area contributed by atoms with Crippen molar-refractivity contribution in [1.82, 2.24) is 9.97 Å². The minimum Gasteiger partial charge on any atom is -0.363 e. The highest BCUT2D eigenvalue weighted by Gasteiger charge is 2.19. The molecule has 0 aromatic carbocycles. The fourth-order valence-electron chi connectivity index (χ4n) is 1.66. The van der Waals surface area contributed by atoms with E-state index < -0.39 is 0 Å². The number of halogens is 1. The lowest BCUT2D eigenvalue weighted by Gasteiger charge is -2.19. The maximum atomic E-state index is 6.08. The number of aromatic nitrogens is 2. The topological polar surface area (TPSA) is 37.8 Å². The predicted octanol–water partition coefficient (Wildman–Crippen LogP) is 4.66. The van der Waals surface area contributed by atoms with E-state index in [0.717, 1.165) is 11.6 Å². The summed E-state index contributed by atoms with van der Waals surface area (Å²) in [5, 5.41) is 5.92. The zero-order valence-corrected chi connectivity index (χ0v) is 13.1. The van der Waals surface area contributed by atoms with E-state index in [4.69, 9.17) is 11.6 Å². The van der Waals surface area contributed by atoms with Crippen molar-refractivity contribution in [2.75, 3.05) is 5.32 Å². The molecule has 1 atom stereocenters. The summed E-state index contributed by atoms with van der Waals surface area (Å²) in [6.45, 7) is 8.33. The number of nitrogens with one attached hydrogen (secondary N) is 1. The van der Waals surface area contributed by atoms with Crippen LogP contribution < -0.4 is 5.32 Å². The van der Waals surface area contributed by atoms with Crippen LogP contribution in [0.5, 0.6) is 0 Å². The largest absolute Gasteiger partial charge is 0.363 e. The van der Waals surface area contributed by atoms with Crippen LogP contribution in [-0.4, -0.2) is 9.97 Å². The van der Waals surface area contributed by atoms with E-state index in [1.165, 1.54) is 4.88 Å². The van der Waals surface area contributed by atoms with E-state index in [0.29, 0.717) is 5.15 Å². The van der Waals surface area contributed by atoms with Crippen molar-refractivity contribution in [3.05, 3.63) is 39.4 Å². The fourth-order valence-corrected chi connectivity index (χ4v) is 2.58. The number of hydrogen-bond donors (Lipinski definition) is 1. The van der Waals surface area contributed by atoms with Crippen LogP contribution in [0.4, 0.5) is 5.82 Å². The third-order valence-corrected chi connectivity index (χ3v) is 3.95. The van der Waals surface area contributed by atoms with E-state index in [2.05, 4.69) is 54.4 Å². The first-order valence-electron chi connectivity index (χ1n) is 6.21. The molecule has 5 heteroatoms. The van der Waals surface area contributed by atoms with Crippen molar-refractivity contribution in [3.63, 3.8) is 0 Å². The molecule has 0 spiro atoms. The molecule has 2 heterocycles. The highest BCUT2D eigenvalue weighted by atomic mass is 35.5. The van der Waals surface area contributed by atoms with E-state index in [1.807, 2.05) is 6.07 Å². The van der Waals surface area contributed by atoms with Crippen LogP contribution in [-0.2, 0) is 5.41 Å². The molecule has 0 amide bonds. The first-order valence-corrected chi connectivity index (χ1v) is 7.47. The van der Waals surface area contributed by atoms with Gasteiger partial charge in [-0.15, -0.1) is 11.3 Å². The van der Waals surface area contributed by atoms with Gasteiger partial charge in [-0.2, -0.15) is 0 Å². The van der Waals surface area contributed by atoms with Crippen LogP contribution in [0.1, 0.15) is 44.4 Å². The summed E-state index contributed by atoms with van der Waals surface area (Å²) in [6, 6.07) is 6.13. The molecule has 19 heavy (non-hydrogen) atoms. The van der Waals surface area contributed by atoms with Gasteiger partial charge in [-0.25, -0.2) is 9.97 Å². The van der Waals surface area contributed by atoms with E-state index >= 15 is 0 Å². The Hall–Kier alpha value is -1.13. The van der Waals surface area contributed by atoms with Crippen molar-refractivity contribution in [2.24, 2.45) is 0 Å². The van der Waals surface area contributed by atoms with Crippen molar-refractivity contribution in [2.45, 2.75) is 39.2 Å². The van der Waals surface area contributed by atoms with Crippen LogP contribution in [0.2, 0.25) is 5.15 Å². The maximum absolute atomic E-state index is 6.08. The Morgan fingerprint density at radius 3 is 2.63 bits per heavy atom. The number of nitrogens with zero attached hydrogens (tertiary/aromatic N) is 2. The first kappa shape index (κ1) is 14.3. The van der Waals surface area contributed by atoms with Crippen LogP contribution in [0.15, 0.2) is 23.6 Å². The van der Waals surface area contributed by atoms with E-state index in [1.54, 1.807) is 17.4 Å². The number of rotatable bonds is 3. The summed E-state index contributed by atoms with van der Waals surface area (Å²) in [7, 11) is 0. The standard InChI is InChI=1S/C14H18ClN3S/c1-9(10-6-5-7-19-10)16-12-8-11(15)17-13(18-12)14(2,3)4/h5-9H,1-4H3,(H,16,17,18). The average molecular weight is 296 g/mol. The molecule has 3 nitrogen and oxygen atoms in total. The molecule has 0 saturated carbocycles. The second kappa shape index (κ2) is 5.47. The van der Waals surface area contributed by atoms with Crippen molar-refractivity contribution in [1.29, 1.82) is 0 Å². The maximum Gasteiger partial charge on any atom is 0.137 e. The summed E-state index contributed by atoms with van der Waals surface area (Å²) in [5.74, 6) is 1.52. The molecule has 1 N–H and O–H groups in total. The average Bonchev–Trinajstić information content (AvgIpc) is 2.80. The molecule has 0 aliphatic heterocycles. The summed E-state index contributed by atoms with van der Waals surface area (Å²) in [5.41, 5.74) is -0.118. The molecule has 0 aliphatic rings. The molecule has 102 valence electrons. The van der Waals surface area contributed by atoms with Crippen molar-refractivity contribution < 1.29 is 0 Å². The van der Waals surface area contributed by atoms with Crippen molar-refractivity contribution >= 4 is 28.8 Å². The van der Waals surface area contributed by atoms with Gasteiger partial charge >= 0.3 is 0 Å². The highest BCUT2D eigenvalue weighted by molar-refractivity contribution is 7.10. The van der Waals surface area contributed by atoms with Gasteiger partial charge in [-0.05, 0) is 18.4 Å². The van der Waals surface area contributed by atoms with E-state index in [-0.39, 0.29) is 11.5 Å². The number of hydrogen-bond acceptors (Lipinski definition) is 4. The molecule has 0 aliphatic carbocycles. The van der Waals surface area contributed by atoms with Gasteiger partial charge in [-0.3, -0.25) is 0 Å². The minimum atomic E-state index is -0.118. The lowest BCUT2D eigenvalue weighted by molar-refractivity contribution is 0.545. The summed E-state index contributed by atoms with van der Waals surface area (Å²) < 4.78 is 0. The predicted molar refractivity (Wildman–Crippen MR) is 82.1 cm³/mol. The third-order valence-electron chi connectivity index (χ3n) is 2.70. The second-order valence-electron chi connectivity index (χ2n) is 5.53. The third kappa shape index (κ3) is 3.67. The Balaban J connectivity index is 2.23. The lowest BCUT2D eigenvalue weighted by atomic mass is 9.96. The molecule has 2 rings (SSSR count). The van der Waals surface area contributed by atoms with Gasteiger partial charge in [0.15, 0.2) is 0 Å². The Kier molecular flexibility index (Phi) is 4.11. The van der Waals surface area contributed by atoms with Gasteiger partial charge in [0.25, 0.3) is 0 Å². The van der Waals surface area contributed by atoms with Crippen LogP contribution in [0.25, 0.3) is 0 Å². The van der Waals surface area contributed by atoms with Gasteiger partial charge in [0.05, 0.1) is 6.04 Å². The quantitative estimate of drug-likeness (QED) is 0.837. The number of thiophene rings is 1. The van der Waals surface area contributed by atoms with Gasteiger partial charge in [0.1, 0.15) is 16.8 Å². The van der Waals surface area contributed by atoms with Crippen molar-refractivity contribution in [3.8, 4) is 0 Å². The molecule has 1 unspecified atom stereocenters. The van der Waals surface area contributed by atoms with Crippen LogP contribution >= 0.6 is 22.9 Å². The molecule has 0 saturated heterocycles. The molecule has 2 aromatic rings. The Morgan fingerprint density at radius 1 is 1.32 bits per heavy atom. The van der Waals surface area contributed by atoms with Gasteiger partial charge in [0, 0.05) is 16.4 Å². The monoisotopic (exact) mass is 295 g/mol. The molecular formula is C14H18ClN3S. The highest BCUT2D eigenvalue weighted by Crippen LogP contribution is 2.26. The number of anilines is 1. The SMILES string of the molecule is CC(Nc1cc(Cl)nc(C(C)(C)C)n1)c1cccs1. The zero-order chi connectivity index (χ0) is 14.0. The molecule has 0 radical (unpaired) electrons. The Labute approximate surface area is 123 Å². The zero-order valence-electron chi connectivity index (χ0n) is 11.6. The normalized spacial score (nSPS) is 13.3. The lowest BCUT2D eigenvalue weighted by Crippen LogP contribution is -2.18. The van der Waals surface area contributed by atoms with Crippen LogP contribution in [0, 0.1) is 0 Å². The molecule has 0 fully saturated rings. The molecule has 0 bridgehead atoms. The summed E-state index contributed by atoms with van der Waals surface area (Å²) in [4.78, 5) is 10.1. The summed E-state index contributed by atoms with van der Waals surface area (Å²) >= 11 is 7.80. The molecule has 2 aromatic heterocycles. The molecular weight excluding hydrogens is 278 g/mol. The Bertz CT molecular complexity index is 546. The van der Waals surface area contributed by atoms with Gasteiger partial charge in [-0.1, -0.05) is 38.4 Å². The first-order chi connectivity index (χ1) is 8.86. The summed E-state index contributed by atoms with van der Waals surface area (Å²) in [6.07, 6.45) is 0. The van der Waals surface area contributed by atoms with Crippen LogP contribution in [0.3, 0.4) is 0 Å². The van der Waals surface area contributed by atoms with E-state index in [9.17, 15) is 0 Å². The Morgan fingerprint density at radius 2 is 2.05 bits per heavy atom. The minimum absolute atomic E-state index is 0.118. The fraction of sp³-hybridized carbons (Fsp3) is 0.429.